The van der Waals surface area contributed by atoms with E-state index < -0.39 is 5.79 Å². The van der Waals surface area contributed by atoms with Crippen LogP contribution in [0.25, 0.3) is 0 Å². The Morgan fingerprint density at radius 2 is 2.29 bits per heavy atom. The molecule has 1 aromatic rings. The highest BCUT2D eigenvalue weighted by Gasteiger charge is 2.33. The maximum absolute atomic E-state index is 9.05. The van der Waals surface area contributed by atoms with Gasteiger partial charge in [-0.25, -0.2) is 0 Å². The molecule has 2 rings (SSSR count). The first-order valence-electron chi connectivity index (χ1n) is 5.80. The summed E-state index contributed by atoms with van der Waals surface area (Å²) in [5.74, 6) is -0.528. The topological polar surface area (TPSA) is 64.7 Å². The first kappa shape index (κ1) is 12.5. The first-order valence-corrected chi connectivity index (χ1v) is 5.80. The molecule has 1 aromatic carbocycles. The fourth-order valence-electron chi connectivity index (χ4n) is 1.95. The number of aliphatic hydroxyl groups excluding tert-OH is 1. The quantitative estimate of drug-likeness (QED) is 0.836. The molecule has 1 fully saturated rings. The smallest absolute Gasteiger partial charge is 0.163 e. The molecule has 2 atom stereocenters. The van der Waals surface area contributed by atoms with Gasteiger partial charge in [-0.05, 0) is 25.0 Å². The lowest BCUT2D eigenvalue weighted by Crippen LogP contribution is -2.19. The molecule has 0 radical (unpaired) electrons. The van der Waals surface area contributed by atoms with E-state index >= 15 is 0 Å². The van der Waals surface area contributed by atoms with E-state index in [0.29, 0.717) is 6.61 Å². The van der Waals surface area contributed by atoms with Crippen LogP contribution in [0.4, 0.5) is 0 Å². The predicted molar refractivity (Wildman–Crippen MR) is 64.3 cm³/mol. The van der Waals surface area contributed by atoms with Gasteiger partial charge in [-0.15, -0.1) is 0 Å². The molecule has 17 heavy (non-hydrogen) atoms. The summed E-state index contributed by atoms with van der Waals surface area (Å²) >= 11 is 0. The minimum Gasteiger partial charge on any atom is -0.394 e. The van der Waals surface area contributed by atoms with Crippen LogP contribution in [0.1, 0.15) is 37.1 Å². The summed E-state index contributed by atoms with van der Waals surface area (Å²) in [6.45, 7) is 4.29. The molecule has 0 spiro atoms. The number of benzene rings is 1. The van der Waals surface area contributed by atoms with Crippen LogP contribution in [0.3, 0.4) is 0 Å². The molecule has 4 heteroatoms. The Morgan fingerprint density at radius 1 is 1.53 bits per heavy atom. The van der Waals surface area contributed by atoms with Gasteiger partial charge < -0.3 is 20.3 Å². The monoisotopic (exact) mass is 237 g/mol. The zero-order valence-electron chi connectivity index (χ0n) is 10.2. The van der Waals surface area contributed by atoms with Crippen molar-refractivity contribution in [2.24, 2.45) is 5.73 Å². The summed E-state index contributed by atoms with van der Waals surface area (Å²) in [7, 11) is 0. The Balaban J connectivity index is 2.17. The molecule has 94 valence electrons. The number of rotatable bonds is 3. The fourth-order valence-corrected chi connectivity index (χ4v) is 1.95. The highest BCUT2D eigenvalue weighted by molar-refractivity contribution is 5.28. The SMILES string of the molecule is CC1(C)OCC(c2cccc(C(N)CO)c2)O1. The molecule has 1 aliphatic rings. The Kier molecular flexibility index (Phi) is 3.49. The highest BCUT2D eigenvalue weighted by atomic mass is 16.7. The van der Waals surface area contributed by atoms with Crippen molar-refractivity contribution in [2.75, 3.05) is 13.2 Å². The van der Waals surface area contributed by atoms with Crippen LogP contribution in [0.5, 0.6) is 0 Å². The maximum Gasteiger partial charge on any atom is 0.163 e. The number of nitrogens with two attached hydrogens (primary N) is 1. The van der Waals surface area contributed by atoms with Gasteiger partial charge in [0, 0.05) is 0 Å². The van der Waals surface area contributed by atoms with E-state index in [1.165, 1.54) is 0 Å². The zero-order valence-corrected chi connectivity index (χ0v) is 10.2. The molecule has 0 aromatic heterocycles. The molecule has 0 saturated carbocycles. The van der Waals surface area contributed by atoms with Gasteiger partial charge in [-0.2, -0.15) is 0 Å². The maximum atomic E-state index is 9.05. The summed E-state index contributed by atoms with van der Waals surface area (Å²) in [5.41, 5.74) is 7.75. The van der Waals surface area contributed by atoms with E-state index in [1.807, 2.05) is 38.1 Å². The number of ether oxygens (including phenoxy) is 2. The molecule has 3 N–H and O–H groups in total. The summed E-state index contributed by atoms with van der Waals surface area (Å²) < 4.78 is 11.3. The molecule has 0 bridgehead atoms. The highest BCUT2D eigenvalue weighted by Crippen LogP contribution is 2.33. The third-order valence-corrected chi connectivity index (χ3v) is 2.92. The molecule has 1 heterocycles. The zero-order chi connectivity index (χ0) is 12.5. The van der Waals surface area contributed by atoms with Crippen LogP contribution in [0.15, 0.2) is 24.3 Å². The van der Waals surface area contributed by atoms with E-state index in [4.69, 9.17) is 20.3 Å². The van der Waals surface area contributed by atoms with Crippen molar-refractivity contribution >= 4 is 0 Å². The Bertz CT molecular complexity index is 392. The lowest BCUT2D eigenvalue weighted by Gasteiger charge is -2.18. The largest absolute Gasteiger partial charge is 0.394 e. The fraction of sp³-hybridized carbons (Fsp3) is 0.538. The molecule has 1 saturated heterocycles. The van der Waals surface area contributed by atoms with Crippen LogP contribution in [0, 0.1) is 0 Å². The van der Waals surface area contributed by atoms with Crippen molar-refractivity contribution in [3.63, 3.8) is 0 Å². The minimum absolute atomic E-state index is 0.0586. The first-order chi connectivity index (χ1) is 8.02. The number of hydrogen-bond donors (Lipinski definition) is 2. The van der Waals surface area contributed by atoms with Gasteiger partial charge in [0.15, 0.2) is 5.79 Å². The Morgan fingerprint density at radius 3 is 2.88 bits per heavy atom. The van der Waals surface area contributed by atoms with E-state index in [9.17, 15) is 0 Å². The van der Waals surface area contributed by atoms with Crippen LogP contribution >= 0.6 is 0 Å². The standard InChI is InChI=1S/C13H19NO3/c1-13(2)16-8-12(17-13)10-5-3-4-9(6-10)11(14)7-15/h3-6,11-12,15H,7-8,14H2,1-2H3. The van der Waals surface area contributed by atoms with Gasteiger partial charge in [0.1, 0.15) is 6.10 Å². The van der Waals surface area contributed by atoms with Gasteiger partial charge in [-0.1, -0.05) is 24.3 Å². The van der Waals surface area contributed by atoms with Crippen molar-refractivity contribution in [2.45, 2.75) is 31.8 Å². The normalized spacial score (nSPS) is 24.8. The van der Waals surface area contributed by atoms with Gasteiger partial charge in [0.25, 0.3) is 0 Å². The molecular formula is C13H19NO3. The second kappa shape index (κ2) is 4.74. The average molecular weight is 237 g/mol. The molecule has 0 amide bonds. The summed E-state index contributed by atoms with van der Waals surface area (Å²) in [6.07, 6.45) is -0.0594. The second-order valence-electron chi connectivity index (χ2n) is 4.78. The van der Waals surface area contributed by atoms with Crippen LogP contribution in [-0.2, 0) is 9.47 Å². The van der Waals surface area contributed by atoms with Crippen molar-refractivity contribution in [1.29, 1.82) is 0 Å². The lowest BCUT2D eigenvalue weighted by atomic mass is 10.0. The van der Waals surface area contributed by atoms with Gasteiger partial charge >= 0.3 is 0 Å². The number of aliphatic hydroxyl groups is 1. The average Bonchev–Trinajstić information content (AvgIpc) is 2.69. The van der Waals surface area contributed by atoms with Crippen LogP contribution in [0.2, 0.25) is 0 Å². The summed E-state index contributed by atoms with van der Waals surface area (Å²) in [4.78, 5) is 0. The van der Waals surface area contributed by atoms with E-state index in [2.05, 4.69) is 0 Å². The van der Waals surface area contributed by atoms with Crippen LogP contribution in [-0.4, -0.2) is 24.1 Å². The van der Waals surface area contributed by atoms with Crippen molar-refractivity contribution in [3.8, 4) is 0 Å². The molecule has 1 aliphatic heterocycles. The second-order valence-corrected chi connectivity index (χ2v) is 4.78. The summed E-state index contributed by atoms with van der Waals surface area (Å²) in [5, 5.41) is 9.05. The molecule has 4 nitrogen and oxygen atoms in total. The van der Waals surface area contributed by atoms with Crippen molar-refractivity contribution < 1.29 is 14.6 Å². The molecular weight excluding hydrogens is 218 g/mol. The number of hydrogen-bond acceptors (Lipinski definition) is 4. The van der Waals surface area contributed by atoms with E-state index in [1.54, 1.807) is 0 Å². The predicted octanol–water partition coefficient (Wildman–Crippen LogP) is 1.50. The van der Waals surface area contributed by atoms with E-state index in [-0.39, 0.29) is 18.8 Å². The van der Waals surface area contributed by atoms with E-state index in [0.717, 1.165) is 11.1 Å². The van der Waals surface area contributed by atoms with Gasteiger partial charge in [-0.3, -0.25) is 0 Å². The van der Waals surface area contributed by atoms with Gasteiger partial charge in [0.2, 0.25) is 0 Å². The van der Waals surface area contributed by atoms with Gasteiger partial charge in [0.05, 0.1) is 19.3 Å². The third-order valence-electron chi connectivity index (χ3n) is 2.92. The third kappa shape index (κ3) is 2.84. The minimum atomic E-state index is -0.528. The molecule has 2 unspecified atom stereocenters. The summed E-state index contributed by atoms with van der Waals surface area (Å²) in [6, 6.07) is 7.45. The van der Waals surface area contributed by atoms with Crippen molar-refractivity contribution in [1.82, 2.24) is 0 Å². The lowest BCUT2D eigenvalue weighted by molar-refractivity contribution is -0.139. The van der Waals surface area contributed by atoms with Crippen LogP contribution < -0.4 is 5.73 Å². The molecule has 0 aliphatic carbocycles. The van der Waals surface area contributed by atoms with Crippen molar-refractivity contribution in [3.05, 3.63) is 35.4 Å². The Hall–Kier alpha value is -0.940. The Labute approximate surface area is 101 Å².